The van der Waals surface area contributed by atoms with Crippen LogP contribution in [0.5, 0.6) is 0 Å². The highest BCUT2D eigenvalue weighted by Crippen LogP contribution is 2.32. The Balaban J connectivity index is 1.86. The molecule has 0 unspecified atom stereocenters. The molecular weight excluding hydrogens is 316 g/mol. The molecule has 1 aromatic carbocycles. The SMILES string of the molecule is Cc1cccc(N=Nc2c(-c3ccco3)nc3cc(CO)ccn23)c1. The molecule has 0 fully saturated rings. The predicted octanol–water partition coefficient (Wildman–Crippen LogP) is 4.81. The maximum Gasteiger partial charge on any atom is 0.190 e. The van der Waals surface area contributed by atoms with Crippen molar-refractivity contribution in [1.82, 2.24) is 9.38 Å². The second kappa shape index (κ2) is 6.33. The van der Waals surface area contributed by atoms with Crippen LogP contribution < -0.4 is 0 Å². The smallest absolute Gasteiger partial charge is 0.190 e. The first-order chi connectivity index (χ1) is 12.2. The Bertz CT molecular complexity index is 1050. The van der Waals surface area contributed by atoms with Crippen LogP contribution in [0.3, 0.4) is 0 Å². The van der Waals surface area contributed by atoms with Crippen LogP contribution in [-0.2, 0) is 6.61 Å². The van der Waals surface area contributed by atoms with Gasteiger partial charge in [-0.2, -0.15) is 0 Å². The first-order valence-electron chi connectivity index (χ1n) is 7.89. The van der Waals surface area contributed by atoms with Gasteiger partial charge < -0.3 is 9.52 Å². The van der Waals surface area contributed by atoms with Gasteiger partial charge in [0.15, 0.2) is 17.3 Å². The van der Waals surface area contributed by atoms with E-state index >= 15 is 0 Å². The van der Waals surface area contributed by atoms with Gasteiger partial charge in [-0.15, -0.1) is 10.2 Å². The van der Waals surface area contributed by atoms with Gasteiger partial charge >= 0.3 is 0 Å². The maximum absolute atomic E-state index is 9.34. The zero-order chi connectivity index (χ0) is 17.2. The Labute approximate surface area is 144 Å². The topological polar surface area (TPSA) is 75.4 Å². The molecule has 0 spiro atoms. The molecule has 0 atom stereocenters. The number of nitrogens with zero attached hydrogens (tertiary/aromatic N) is 4. The number of aryl methyl sites for hydroxylation is 1. The molecule has 3 aromatic heterocycles. The zero-order valence-electron chi connectivity index (χ0n) is 13.6. The lowest BCUT2D eigenvalue weighted by Crippen LogP contribution is -1.88. The van der Waals surface area contributed by atoms with E-state index < -0.39 is 0 Å². The highest BCUT2D eigenvalue weighted by Gasteiger charge is 2.16. The van der Waals surface area contributed by atoms with Crippen molar-refractivity contribution >= 4 is 17.2 Å². The lowest BCUT2D eigenvalue weighted by Gasteiger charge is -1.99. The number of aliphatic hydroxyl groups is 1. The fourth-order valence-corrected chi connectivity index (χ4v) is 2.64. The summed E-state index contributed by atoms with van der Waals surface area (Å²) >= 11 is 0. The number of imidazole rings is 1. The third-order valence-electron chi connectivity index (χ3n) is 3.86. The van der Waals surface area contributed by atoms with Crippen molar-refractivity contribution in [3.8, 4) is 11.5 Å². The summed E-state index contributed by atoms with van der Waals surface area (Å²) in [6.45, 7) is 1.97. The maximum atomic E-state index is 9.34. The summed E-state index contributed by atoms with van der Waals surface area (Å²) in [5.41, 5.74) is 3.96. The van der Waals surface area contributed by atoms with E-state index in [1.54, 1.807) is 12.3 Å². The lowest BCUT2D eigenvalue weighted by atomic mass is 10.2. The van der Waals surface area contributed by atoms with Gasteiger partial charge in [-0.05, 0) is 54.4 Å². The number of aliphatic hydroxyl groups excluding tert-OH is 1. The van der Waals surface area contributed by atoms with E-state index in [4.69, 9.17) is 4.42 Å². The van der Waals surface area contributed by atoms with Gasteiger partial charge in [-0.3, -0.25) is 4.40 Å². The van der Waals surface area contributed by atoms with Crippen molar-refractivity contribution in [2.75, 3.05) is 0 Å². The molecule has 1 N–H and O–H groups in total. The van der Waals surface area contributed by atoms with E-state index in [0.717, 1.165) is 16.8 Å². The second-order valence-corrected chi connectivity index (χ2v) is 5.72. The van der Waals surface area contributed by atoms with Crippen molar-refractivity contribution < 1.29 is 9.52 Å². The first-order valence-corrected chi connectivity index (χ1v) is 7.89. The minimum atomic E-state index is -0.0421. The molecule has 3 heterocycles. The number of benzene rings is 1. The Morgan fingerprint density at radius 1 is 1.12 bits per heavy atom. The minimum Gasteiger partial charge on any atom is -0.463 e. The fraction of sp³-hybridized carbons (Fsp3) is 0.105. The van der Waals surface area contributed by atoms with E-state index in [9.17, 15) is 5.11 Å². The molecule has 0 radical (unpaired) electrons. The molecule has 25 heavy (non-hydrogen) atoms. The van der Waals surface area contributed by atoms with E-state index in [2.05, 4.69) is 15.2 Å². The van der Waals surface area contributed by atoms with Crippen molar-refractivity contribution in [2.45, 2.75) is 13.5 Å². The number of hydrogen-bond acceptors (Lipinski definition) is 5. The Hall–Kier alpha value is -3.25. The molecule has 0 amide bonds. The normalized spacial score (nSPS) is 11.6. The number of hydrogen-bond donors (Lipinski definition) is 1. The van der Waals surface area contributed by atoms with Crippen LogP contribution in [0.15, 0.2) is 75.6 Å². The van der Waals surface area contributed by atoms with Gasteiger partial charge in [0.2, 0.25) is 0 Å². The van der Waals surface area contributed by atoms with Crippen LogP contribution in [0, 0.1) is 6.92 Å². The number of azo groups is 1. The van der Waals surface area contributed by atoms with Gasteiger partial charge in [0.25, 0.3) is 0 Å². The number of pyridine rings is 1. The highest BCUT2D eigenvalue weighted by atomic mass is 16.3. The number of aromatic nitrogens is 2. The van der Waals surface area contributed by atoms with Crippen LogP contribution in [0.25, 0.3) is 17.1 Å². The fourth-order valence-electron chi connectivity index (χ4n) is 2.64. The van der Waals surface area contributed by atoms with Crippen LogP contribution in [-0.4, -0.2) is 14.5 Å². The molecule has 0 aliphatic heterocycles. The quantitative estimate of drug-likeness (QED) is 0.545. The molecule has 0 aliphatic carbocycles. The van der Waals surface area contributed by atoms with E-state index in [1.807, 2.05) is 60.0 Å². The van der Waals surface area contributed by atoms with Gasteiger partial charge in [0, 0.05) is 6.20 Å². The summed E-state index contributed by atoms with van der Waals surface area (Å²) in [4.78, 5) is 4.60. The van der Waals surface area contributed by atoms with Crippen LogP contribution in [0.4, 0.5) is 11.5 Å². The second-order valence-electron chi connectivity index (χ2n) is 5.72. The van der Waals surface area contributed by atoms with Crippen LogP contribution >= 0.6 is 0 Å². The van der Waals surface area contributed by atoms with E-state index in [-0.39, 0.29) is 6.61 Å². The van der Waals surface area contributed by atoms with E-state index in [0.29, 0.717) is 22.9 Å². The van der Waals surface area contributed by atoms with Crippen LogP contribution in [0.1, 0.15) is 11.1 Å². The zero-order valence-corrected chi connectivity index (χ0v) is 13.6. The van der Waals surface area contributed by atoms with Gasteiger partial charge in [-0.25, -0.2) is 4.98 Å². The molecule has 0 aliphatic rings. The molecule has 124 valence electrons. The van der Waals surface area contributed by atoms with Crippen LogP contribution in [0.2, 0.25) is 0 Å². The molecule has 4 aromatic rings. The molecular formula is C19H16N4O2. The van der Waals surface area contributed by atoms with Gasteiger partial charge in [-0.1, -0.05) is 12.1 Å². The number of furan rings is 1. The summed E-state index contributed by atoms with van der Waals surface area (Å²) in [6.07, 6.45) is 3.42. The monoisotopic (exact) mass is 332 g/mol. The molecule has 0 saturated carbocycles. The molecule has 0 saturated heterocycles. The van der Waals surface area contributed by atoms with Crippen molar-refractivity contribution in [2.24, 2.45) is 10.2 Å². The Kier molecular flexibility index (Phi) is 3.87. The largest absolute Gasteiger partial charge is 0.463 e. The average Bonchev–Trinajstić information content (AvgIpc) is 3.27. The Morgan fingerprint density at radius 3 is 2.80 bits per heavy atom. The van der Waals surface area contributed by atoms with Crippen molar-refractivity contribution in [1.29, 1.82) is 0 Å². The molecule has 0 bridgehead atoms. The summed E-state index contributed by atoms with van der Waals surface area (Å²) in [5.74, 6) is 1.20. The Morgan fingerprint density at radius 2 is 2.04 bits per heavy atom. The lowest BCUT2D eigenvalue weighted by molar-refractivity contribution is 0.282. The number of rotatable bonds is 4. The summed E-state index contributed by atoms with van der Waals surface area (Å²) < 4.78 is 7.32. The standard InChI is InChI=1S/C19H16N4O2/c1-13-4-2-5-15(10-13)21-22-19-18(16-6-3-9-25-16)20-17-11-14(12-24)7-8-23(17)19/h2-11,24H,12H2,1H3. The van der Waals surface area contributed by atoms with Gasteiger partial charge in [0.1, 0.15) is 5.65 Å². The minimum absolute atomic E-state index is 0.0421. The van der Waals surface area contributed by atoms with Crippen molar-refractivity contribution in [3.05, 3.63) is 72.1 Å². The summed E-state index contributed by atoms with van der Waals surface area (Å²) in [5, 5.41) is 18.1. The molecule has 6 heteroatoms. The molecule has 4 rings (SSSR count). The van der Waals surface area contributed by atoms with Gasteiger partial charge in [0.05, 0.1) is 18.6 Å². The molecule has 6 nitrogen and oxygen atoms in total. The number of fused-ring (bicyclic) bond motifs is 1. The summed E-state index contributed by atoms with van der Waals surface area (Å²) in [7, 11) is 0. The average molecular weight is 332 g/mol. The van der Waals surface area contributed by atoms with Crippen molar-refractivity contribution in [3.63, 3.8) is 0 Å². The highest BCUT2D eigenvalue weighted by molar-refractivity contribution is 5.71. The third-order valence-corrected chi connectivity index (χ3v) is 3.86. The predicted molar refractivity (Wildman–Crippen MR) is 94.2 cm³/mol. The first kappa shape index (κ1) is 15.3. The summed E-state index contributed by atoms with van der Waals surface area (Å²) in [6, 6.07) is 15.1. The van der Waals surface area contributed by atoms with E-state index in [1.165, 1.54) is 0 Å². The third kappa shape index (κ3) is 2.95.